The zero-order chi connectivity index (χ0) is 14.5. The van der Waals surface area contributed by atoms with E-state index in [1.54, 1.807) is 0 Å². The molecule has 7 nitrogen and oxygen atoms in total. The summed E-state index contributed by atoms with van der Waals surface area (Å²) in [6.45, 7) is 2.35. The summed E-state index contributed by atoms with van der Waals surface area (Å²) in [6.07, 6.45) is 1.11. The molecule has 1 saturated heterocycles. The zero-order valence-corrected chi connectivity index (χ0v) is 11.2. The molecule has 7 heteroatoms. The first-order valence-electron chi connectivity index (χ1n) is 6.48. The number of carbonyl (C=O) groups is 3. The Morgan fingerprint density at radius 2 is 2.20 bits per heavy atom. The normalized spacial score (nSPS) is 17.8. The van der Waals surface area contributed by atoms with Gasteiger partial charge in [-0.1, -0.05) is 0 Å². The van der Waals surface area contributed by atoms with Gasteiger partial charge in [-0.3, -0.25) is 14.9 Å². The number of hydrogen-bond acceptors (Lipinski definition) is 4. The number of imide groups is 1. The minimum absolute atomic E-state index is 0.151. The molecule has 1 aromatic heterocycles. The molecule has 2 rings (SSSR count). The van der Waals surface area contributed by atoms with E-state index in [4.69, 9.17) is 4.42 Å². The highest BCUT2D eigenvalue weighted by atomic mass is 16.3. The van der Waals surface area contributed by atoms with Gasteiger partial charge in [-0.15, -0.1) is 0 Å². The largest absolute Gasteiger partial charge is 0.466 e. The molecule has 2 heterocycles. The van der Waals surface area contributed by atoms with Gasteiger partial charge in [0.05, 0.1) is 0 Å². The average Bonchev–Trinajstić information content (AvgIpc) is 2.93. The highest BCUT2D eigenvalue weighted by Gasteiger charge is 2.29. The Hall–Kier alpha value is -2.31. The van der Waals surface area contributed by atoms with Crippen molar-refractivity contribution in [1.29, 1.82) is 0 Å². The molecule has 0 saturated carbocycles. The van der Waals surface area contributed by atoms with Crippen LogP contribution >= 0.6 is 0 Å². The Morgan fingerprint density at radius 1 is 1.40 bits per heavy atom. The molecular formula is C13H17N3O4. The third-order valence-electron chi connectivity index (χ3n) is 3.01. The molecule has 108 valence electrons. The lowest BCUT2D eigenvalue weighted by Gasteiger charge is -2.07. The molecule has 4 amide bonds. The molecule has 0 radical (unpaired) electrons. The maximum Gasteiger partial charge on any atom is 0.322 e. The number of carbonyl (C=O) groups excluding carboxylic acids is 3. The summed E-state index contributed by atoms with van der Waals surface area (Å²) in [7, 11) is 0. The van der Waals surface area contributed by atoms with Crippen LogP contribution in [-0.4, -0.2) is 30.4 Å². The molecule has 1 aromatic rings. The molecule has 20 heavy (non-hydrogen) atoms. The Morgan fingerprint density at radius 3 is 2.80 bits per heavy atom. The lowest BCUT2D eigenvalue weighted by atomic mass is 10.1. The first kappa shape index (κ1) is 14.1. The van der Waals surface area contributed by atoms with Crippen LogP contribution in [0.15, 0.2) is 16.5 Å². The SMILES string of the molecule is Cc1ccc(CCNC(=O)CC[C@H]2NC(=O)NC2=O)o1. The van der Waals surface area contributed by atoms with E-state index < -0.39 is 12.1 Å². The fourth-order valence-electron chi connectivity index (χ4n) is 1.97. The number of aryl methyl sites for hydroxylation is 1. The Labute approximate surface area is 116 Å². The van der Waals surface area contributed by atoms with Crippen LogP contribution < -0.4 is 16.0 Å². The minimum atomic E-state index is -0.610. The van der Waals surface area contributed by atoms with Crippen LogP contribution in [0.1, 0.15) is 24.4 Å². The van der Waals surface area contributed by atoms with E-state index in [0.29, 0.717) is 19.4 Å². The second-order valence-electron chi connectivity index (χ2n) is 4.67. The van der Waals surface area contributed by atoms with Crippen LogP contribution in [0.4, 0.5) is 4.79 Å². The summed E-state index contributed by atoms with van der Waals surface area (Å²) in [5, 5.41) is 7.32. The third kappa shape index (κ3) is 3.84. The lowest BCUT2D eigenvalue weighted by molar-refractivity contribution is -0.122. The van der Waals surface area contributed by atoms with Crippen LogP contribution in [0.5, 0.6) is 0 Å². The number of nitrogens with one attached hydrogen (secondary N) is 3. The van der Waals surface area contributed by atoms with Gasteiger partial charge in [-0.05, 0) is 25.5 Å². The molecule has 1 aliphatic heterocycles. The van der Waals surface area contributed by atoms with Crippen LogP contribution in [0.2, 0.25) is 0 Å². The first-order chi connectivity index (χ1) is 9.54. The van der Waals surface area contributed by atoms with Crippen molar-refractivity contribution in [1.82, 2.24) is 16.0 Å². The standard InChI is InChI=1S/C13H17N3O4/c1-8-2-3-9(20-8)6-7-14-11(17)5-4-10-12(18)16-13(19)15-10/h2-3,10H,4-7H2,1H3,(H,14,17)(H2,15,16,18,19)/t10-/m1/s1. The predicted octanol–water partition coefficient (Wildman–Crippen LogP) is 0.235. The van der Waals surface area contributed by atoms with Crippen LogP contribution in [-0.2, 0) is 16.0 Å². The van der Waals surface area contributed by atoms with Gasteiger partial charge in [0.1, 0.15) is 17.6 Å². The number of rotatable bonds is 6. The van der Waals surface area contributed by atoms with Crippen molar-refractivity contribution in [3.63, 3.8) is 0 Å². The monoisotopic (exact) mass is 279 g/mol. The second kappa shape index (κ2) is 6.23. The van der Waals surface area contributed by atoms with Crippen molar-refractivity contribution in [3.05, 3.63) is 23.7 Å². The fraction of sp³-hybridized carbons (Fsp3) is 0.462. The van der Waals surface area contributed by atoms with Gasteiger partial charge in [-0.2, -0.15) is 0 Å². The minimum Gasteiger partial charge on any atom is -0.466 e. The van der Waals surface area contributed by atoms with E-state index >= 15 is 0 Å². The van der Waals surface area contributed by atoms with Crippen molar-refractivity contribution in [3.8, 4) is 0 Å². The summed E-state index contributed by atoms with van der Waals surface area (Å²) in [5.74, 6) is 1.13. The van der Waals surface area contributed by atoms with Gasteiger partial charge in [0.25, 0.3) is 5.91 Å². The lowest BCUT2D eigenvalue weighted by Crippen LogP contribution is -2.32. The quantitative estimate of drug-likeness (QED) is 0.649. The maximum absolute atomic E-state index is 11.6. The topological polar surface area (TPSA) is 100 Å². The van der Waals surface area contributed by atoms with Gasteiger partial charge >= 0.3 is 6.03 Å². The van der Waals surface area contributed by atoms with E-state index in [9.17, 15) is 14.4 Å². The Kier molecular flexibility index (Phi) is 4.39. The molecule has 3 N–H and O–H groups in total. The van der Waals surface area contributed by atoms with E-state index in [0.717, 1.165) is 11.5 Å². The third-order valence-corrected chi connectivity index (χ3v) is 3.01. The summed E-state index contributed by atoms with van der Waals surface area (Å²) in [5.41, 5.74) is 0. The van der Waals surface area contributed by atoms with Crippen LogP contribution in [0, 0.1) is 6.92 Å². The Bertz CT molecular complexity index is 523. The summed E-state index contributed by atoms with van der Waals surface area (Å²) < 4.78 is 5.38. The molecule has 0 aromatic carbocycles. The molecule has 0 unspecified atom stereocenters. The van der Waals surface area contributed by atoms with E-state index in [2.05, 4.69) is 16.0 Å². The van der Waals surface area contributed by atoms with Gasteiger partial charge in [0.15, 0.2) is 0 Å². The number of amides is 4. The van der Waals surface area contributed by atoms with E-state index in [1.807, 2.05) is 19.1 Å². The van der Waals surface area contributed by atoms with E-state index in [1.165, 1.54) is 0 Å². The summed E-state index contributed by atoms with van der Waals surface area (Å²) in [4.78, 5) is 33.7. The van der Waals surface area contributed by atoms with Crippen LogP contribution in [0.3, 0.4) is 0 Å². The predicted molar refractivity (Wildman–Crippen MR) is 69.9 cm³/mol. The smallest absolute Gasteiger partial charge is 0.322 e. The fourth-order valence-corrected chi connectivity index (χ4v) is 1.97. The van der Waals surface area contributed by atoms with Crippen LogP contribution in [0.25, 0.3) is 0 Å². The average molecular weight is 279 g/mol. The molecule has 1 atom stereocenters. The first-order valence-corrected chi connectivity index (χ1v) is 6.48. The van der Waals surface area contributed by atoms with E-state index in [-0.39, 0.29) is 18.2 Å². The van der Waals surface area contributed by atoms with Gasteiger partial charge in [-0.25, -0.2) is 4.79 Å². The summed E-state index contributed by atoms with van der Waals surface area (Å²) in [6, 6.07) is 2.63. The zero-order valence-electron chi connectivity index (χ0n) is 11.2. The molecule has 0 spiro atoms. The van der Waals surface area contributed by atoms with Crippen molar-refractivity contribution in [2.75, 3.05) is 6.54 Å². The highest BCUT2D eigenvalue weighted by molar-refractivity contribution is 6.04. The van der Waals surface area contributed by atoms with Crippen molar-refractivity contribution >= 4 is 17.8 Å². The molecule has 0 bridgehead atoms. The molecule has 1 fully saturated rings. The van der Waals surface area contributed by atoms with Gasteiger partial charge < -0.3 is 15.1 Å². The van der Waals surface area contributed by atoms with Crippen molar-refractivity contribution < 1.29 is 18.8 Å². The number of urea groups is 1. The molecule has 1 aliphatic rings. The summed E-state index contributed by atoms with van der Waals surface area (Å²) >= 11 is 0. The highest BCUT2D eigenvalue weighted by Crippen LogP contribution is 2.06. The van der Waals surface area contributed by atoms with Gasteiger partial charge in [0, 0.05) is 19.4 Å². The maximum atomic E-state index is 11.6. The van der Waals surface area contributed by atoms with Gasteiger partial charge in [0.2, 0.25) is 5.91 Å². The number of hydrogen-bond donors (Lipinski definition) is 3. The molecular weight excluding hydrogens is 262 g/mol. The van der Waals surface area contributed by atoms with Crippen molar-refractivity contribution in [2.45, 2.75) is 32.2 Å². The second-order valence-corrected chi connectivity index (χ2v) is 4.67. The Balaban J connectivity index is 1.63. The number of furan rings is 1. The van der Waals surface area contributed by atoms with Crippen molar-refractivity contribution in [2.24, 2.45) is 0 Å². The molecule has 0 aliphatic carbocycles.